The first kappa shape index (κ1) is 22.8. The van der Waals surface area contributed by atoms with E-state index in [2.05, 4.69) is 15.6 Å². The maximum absolute atomic E-state index is 13.7. The van der Waals surface area contributed by atoms with Crippen LogP contribution in [0.4, 0.5) is 0 Å². The van der Waals surface area contributed by atoms with E-state index in [4.69, 9.17) is 11.6 Å². The number of hydrogen-bond acceptors (Lipinski definition) is 3. The molecule has 4 aromatic rings. The SMILES string of the molecule is CNC(=O)c1ccc2c(C(=O)[C@H](NCCc3ccc(C)cc3Cl)c3ccccc3)c[nH]c2c1. The number of hydrogen-bond donors (Lipinski definition) is 3. The van der Waals surface area contributed by atoms with E-state index in [9.17, 15) is 9.59 Å². The number of rotatable bonds is 8. The predicted octanol–water partition coefficient (Wildman–Crippen LogP) is 5.25. The fourth-order valence-corrected chi connectivity index (χ4v) is 4.31. The van der Waals surface area contributed by atoms with Gasteiger partial charge in [0.25, 0.3) is 5.91 Å². The molecular formula is C27H26ClN3O2. The van der Waals surface area contributed by atoms with Crippen molar-refractivity contribution < 1.29 is 9.59 Å². The maximum Gasteiger partial charge on any atom is 0.251 e. The molecule has 1 amide bonds. The molecule has 0 aliphatic carbocycles. The Labute approximate surface area is 198 Å². The topological polar surface area (TPSA) is 74.0 Å². The number of aromatic nitrogens is 1. The van der Waals surface area contributed by atoms with Crippen LogP contribution in [-0.4, -0.2) is 30.3 Å². The quantitative estimate of drug-likeness (QED) is 0.315. The van der Waals surface area contributed by atoms with Crippen molar-refractivity contribution in [3.05, 3.63) is 106 Å². The number of carbonyl (C=O) groups excluding carboxylic acids is 2. The van der Waals surface area contributed by atoms with Crippen LogP contribution in [0.1, 0.15) is 43.4 Å². The molecule has 0 bridgehead atoms. The van der Waals surface area contributed by atoms with Gasteiger partial charge in [-0.1, -0.05) is 60.1 Å². The van der Waals surface area contributed by atoms with Crippen LogP contribution in [0.5, 0.6) is 0 Å². The lowest BCUT2D eigenvalue weighted by Crippen LogP contribution is -2.30. The predicted molar refractivity (Wildman–Crippen MR) is 133 cm³/mol. The highest BCUT2D eigenvalue weighted by Gasteiger charge is 2.24. The van der Waals surface area contributed by atoms with E-state index in [0.717, 1.165) is 32.6 Å². The molecule has 6 heteroatoms. The Morgan fingerprint density at radius 2 is 1.82 bits per heavy atom. The number of fused-ring (bicyclic) bond motifs is 1. The Kier molecular flexibility index (Phi) is 6.92. The van der Waals surface area contributed by atoms with E-state index in [1.54, 1.807) is 25.4 Å². The van der Waals surface area contributed by atoms with Crippen molar-refractivity contribution >= 4 is 34.2 Å². The molecule has 1 heterocycles. The highest BCUT2D eigenvalue weighted by molar-refractivity contribution is 6.31. The van der Waals surface area contributed by atoms with Gasteiger partial charge in [0.05, 0.1) is 6.04 Å². The number of aromatic amines is 1. The number of aryl methyl sites for hydroxylation is 1. The number of halogens is 1. The van der Waals surface area contributed by atoms with E-state index >= 15 is 0 Å². The van der Waals surface area contributed by atoms with Gasteiger partial charge in [-0.05, 0) is 48.2 Å². The summed E-state index contributed by atoms with van der Waals surface area (Å²) in [5, 5.41) is 7.58. The summed E-state index contributed by atoms with van der Waals surface area (Å²) in [6.07, 6.45) is 2.42. The normalized spacial score (nSPS) is 12.0. The van der Waals surface area contributed by atoms with Crippen LogP contribution in [0.3, 0.4) is 0 Å². The zero-order chi connectivity index (χ0) is 23.4. The molecule has 0 saturated carbocycles. The zero-order valence-corrected chi connectivity index (χ0v) is 19.4. The van der Waals surface area contributed by atoms with Gasteiger partial charge in [0.1, 0.15) is 0 Å². The summed E-state index contributed by atoms with van der Waals surface area (Å²) < 4.78 is 0. The molecule has 0 fully saturated rings. The third kappa shape index (κ3) is 5.00. The minimum absolute atomic E-state index is 0.0323. The summed E-state index contributed by atoms with van der Waals surface area (Å²) >= 11 is 6.39. The third-order valence-electron chi connectivity index (χ3n) is 5.78. The van der Waals surface area contributed by atoms with Crippen molar-refractivity contribution in [2.45, 2.75) is 19.4 Å². The van der Waals surface area contributed by atoms with Gasteiger partial charge < -0.3 is 15.6 Å². The van der Waals surface area contributed by atoms with E-state index in [-0.39, 0.29) is 11.7 Å². The van der Waals surface area contributed by atoms with E-state index < -0.39 is 6.04 Å². The molecule has 168 valence electrons. The van der Waals surface area contributed by atoms with Gasteiger partial charge in [0.2, 0.25) is 0 Å². The first-order chi connectivity index (χ1) is 16.0. The van der Waals surface area contributed by atoms with Crippen molar-refractivity contribution in [1.29, 1.82) is 0 Å². The highest BCUT2D eigenvalue weighted by atomic mass is 35.5. The first-order valence-corrected chi connectivity index (χ1v) is 11.3. The molecule has 4 rings (SSSR count). The Morgan fingerprint density at radius 3 is 2.55 bits per heavy atom. The molecule has 0 spiro atoms. The van der Waals surface area contributed by atoms with Gasteiger partial charge in [-0.3, -0.25) is 9.59 Å². The van der Waals surface area contributed by atoms with Crippen molar-refractivity contribution in [2.75, 3.05) is 13.6 Å². The molecule has 3 aromatic carbocycles. The molecule has 0 aliphatic heterocycles. The number of nitrogens with one attached hydrogen (secondary N) is 3. The summed E-state index contributed by atoms with van der Waals surface area (Å²) in [6.45, 7) is 2.61. The van der Waals surface area contributed by atoms with Crippen LogP contribution in [-0.2, 0) is 6.42 Å². The summed E-state index contributed by atoms with van der Waals surface area (Å²) in [4.78, 5) is 28.8. The molecule has 33 heavy (non-hydrogen) atoms. The van der Waals surface area contributed by atoms with Crippen LogP contribution < -0.4 is 10.6 Å². The van der Waals surface area contributed by atoms with Crippen LogP contribution in [0.2, 0.25) is 5.02 Å². The highest BCUT2D eigenvalue weighted by Crippen LogP contribution is 2.26. The largest absolute Gasteiger partial charge is 0.360 e. The number of benzene rings is 3. The summed E-state index contributed by atoms with van der Waals surface area (Å²) in [6, 6.07) is 20.5. The zero-order valence-electron chi connectivity index (χ0n) is 18.6. The van der Waals surface area contributed by atoms with Gasteiger partial charge >= 0.3 is 0 Å². The van der Waals surface area contributed by atoms with Gasteiger partial charge in [-0.2, -0.15) is 0 Å². The standard InChI is InChI=1S/C27H26ClN3O2/c1-17-8-9-18(23(28)14-17)12-13-30-25(19-6-4-3-5-7-19)26(32)22-16-31-24-15-20(27(33)29-2)10-11-21(22)24/h3-11,14-16,25,30-31H,12-13H2,1-2H3,(H,29,33)/t25-/m1/s1. The maximum atomic E-state index is 13.7. The molecule has 0 saturated heterocycles. The molecule has 3 N–H and O–H groups in total. The minimum Gasteiger partial charge on any atom is -0.360 e. The monoisotopic (exact) mass is 459 g/mol. The number of Topliss-reactive ketones (excluding diaryl/α,β-unsaturated/α-hetero) is 1. The second-order valence-electron chi connectivity index (χ2n) is 8.05. The van der Waals surface area contributed by atoms with Crippen LogP contribution in [0, 0.1) is 6.92 Å². The summed E-state index contributed by atoms with van der Waals surface area (Å²) in [5.41, 5.74) is 4.93. The van der Waals surface area contributed by atoms with Gasteiger partial charge in [0.15, 0.2) is 5.78 Å². The average Bonchev–Trinajstić information content (AvgIpc) is 3.26. The number of amides is 1. The van der Waals surface area contributed by atoms with E-state index in [1.807, 2.05) is 61.5 Å². The first-order valence-electron chi connectivity index (χ1n) is 10.9. The second kappa shape index (κ2) is 10.0. The van der Waals surface area contributed by atoms with Crippen LogP contribution in [0.25, 0.3) is 10.9 Å². The lowest BCUT2D eigenvalue weighted by molar-refractivity contribution is 0.0942. The molecule has 1 atom stereocenters. The third-order valence-corrected chi connectivity index (χ3v) is 6.13. The molecule has 1 aromatic heterocycles. The van der Waals surface area contributed by atoms with Gasteiger partial charge in [-0.15, -0.1) is 0 Å². The summed E-state index contributed by atoms with van der Waals surface area (Å²) in [7, 11) is 1.59. The number of ketones is 1. The van der Waals surface area contributed by atoms with E-state index in [0.29, 0.717) is 24.1 Å². The van der Waals surface area contributed by atoms with Gasteiger partial charge in [-0.25, -0.2) is 0 Å². The molecule has 0 aliphatic rings. The smallest absolute Gasteiger partial charge is 0.251 e. The lowest BCUT2D eigenvalue weighted by Gasteiger charge is -2.18. The summed E-state index contributed by atoms with van der Waals surface area (Å²) in [5.74, 6) is -0.201. The van der Waals surface area contributed by atoms with Crippen molar-refractivity contribution in [2.24, 2.45) is 0 Å². The van der Waals surface area contributed by atoms with Crippen molar-refractivity contribution in [3.63, 3.8) is 0 Å². The average molecular weight is 460 g/mol. The lowest BCUT2D eigenvalue weighted by atomic mass is 9.96. The Morgan fingerprint density at radius 1 is 1.03 bits per heavy atom. The number of carbonyl (C=O) groups is 2. The Balaban J connectivity index is 1.59. The molecule has 0 unspecified atom stereocenters. The van der Waals surface area contributed by atoms with Crippen LogP contribution >= 0.6 is 11.6 Å². The molecule has 0 radical (unpaired) electrons. The van der Waals surface area contributed by atoms with Crippen molar-refractivity contribution in [3.8, 4) is 0 Å². The van der Waals surface area contributed by atoms with E-state index in [1.165, 1.54) is 0 Å². The molecule has 5 nitrogen and oxygen atoms in total. The van der Waals surface area contributed by atoms with Crippen LogP contribution in [0.15, 0.2) is 72.9 Å². The fraction of sp³-hybridized carbons (Fsp3) is 0.185. The fourth-order valence-electron chi connectivity index (χ4n) is 3.98. The number of H-pyrrole nitrogens is 1. The van der Waals surface area contributed by atoms with Gasteiger partial charge in [0, 0.05) is 46.8 Å². The molecular weight excluding hydrogens is 434 g/mol. The Hall–Kier alpha value is -3.41. The van der Waals surface area contributed by atoms with Crippen molar-refractivity contribution in [1.82, 2.24) is 15.6 Å². The Bertz CT molecular complexity index is 1300. The minimum atomic E-state index is -0.506. The second-order valence-corrected chi connectivity index (χ2v) is 8.46.